The highest BCUT2D eigenvalue weighted by molar-refractivity contribution is 5.73. The predicted molar refractivity (Wildman–Crippen MR) is 77.7 cm³/mol. The number of hydrogen-bond donors (Lipinski definition) is 1. The predicted octanol–water partition coefficient (Wildman–Crippen LogP) is 1.23. The van der Waals surface area contributed by atoms with Crippen LogP contribution >= 0.6 is 0 Å². The molecule has 0 aromatic rings. The monoisotopic (exact) mass is 298 g/mol. The first-order chi connectivity index (χ1) is 9.61. The summed E-state index contributed by atoms with van der Waals surface area (Å²) in [5.41, 5.74) is -1.34. The number of likely N-dealkylation sites (tertiary alicyclic amines) is 2. The van der Waals surface area contributed by atoms with Gasteiger partial charge in [-0.05, 0) is 39.5 Å². The van der Waals surface area contributed by atoms with E-state index >= 15 is 0 Å². The van der Waals surface area contributed by atoms with Crippen LogP contribution in [0, 0.1) is 5.92 Å². The number of aliphatic hydroxyl groups is 1. The Bertz CT molecular complexity index is 416. The fraction of sp³-hybridized carbons (Fsp3) is 0.867. The van der Waals surface area contributed by atoms with E-state index in [2.05, 4.69) is 0 Å². The van der Waals surface area contributed by atoms with Crippen molar-refractivity contribution in [1.82, 2.24) is 9.80 Å². The standard InChI is InChI=1S/C15H26N2O4/c1-11(18)16-7-5-12(6-8-16)15(20)9-17(10-15)13(19)21-14(2,3)4/h12,20H,5-10H2,1-4H3. The van der Waals surface area contributed by atoms with Crippen LogP contribution < -0.4 is 0 Å². The summed E-state index contributed by atoms with van der Waals surface area (Å²) in [6.45, 7) is 9.09. The molecule has 0 bridgehead atoms. The normalized spacial score (nSPS) is 22.7. The van der Waals surface area contributed by atoms with Gasteiger partial charge >= 0.3 is 6.09 Å². The summed E-state index contributed by atoms with van der Waals surface area (Å²) >= 11 is 0. The van der Waals surface area contributed by atoms with E-state index in [1.807, 2.05) is 25.7 Å². The van der Waals surface area contributed by atoms with Crippen molar-refractivity contribution < 1.29 is 19.4 Å². The Hall–Kier alpha value is -1.30. The molecule has 0 radical (unpaired) electrons. The van der Waals surface area contributed by atoms with Crippen LogP contribution in [0.1, 0.15) is 40.5 Å². The molecule has 0 unspecified atom stereocenters. The van der Waals surface area contributed by atoms with Crippen molar-refractivity contribution in [2.24, 2.45) is 5.92 Å². The zero-order chi connectivity index (χ0) is 15.8. The third-order valence-electron chi connectivity index (χ3n) is 4.28. The third kappa shape index (κ3) is 3.67. The Morgan fingerprint density at radius 1 is 1.14 bits per heavy atom. The molecular formula is C15H26N2O4. The molecule has 0 saturated carbocycles. The highest BCUT2D eigenvalue weighted by Crippen LogP contribution is 2.36. The lowest BCUT2D eigenvalue weighted by molar-refractivity contribution is -0.148. The molecule has 0 aromatic heterocycles. The Morgan fingerprint density at radius 2 is 1.67 bits per heavy atom. The van der Waals surface area contributed by atoms with Crippen molar-refractivity contribution in [1.29, 1.82) is 0 Å². The Morgan fingerprint density at radius 3 is 2.10 bits per heavy atom. The summed E-state index contributed by atoms with van der Waals surface area (Å²) in [4.78, 5) is 26.6. The zero-order valence-electron chi connectivity index (χ0n) is 13.4. The fourth-order valence-electron chi connectivity index (χ4n) is 3.06. The van der Waals surface area contributed by atoms with Crippen molar-refractivity contribution in [3.05, 3.63) is 0 Å². The lowest BCUT2D eigenvalue weighted by Gasteiger charge is -2.52. The van der Waals surface area contributed by atoms with Crippen molar-refractivity contribution >= 4 is 12.0 Å². The molecule has 120 valence electrons. The summed E-state index contributed by atoms with van der Waals surface area (Å²) in [5, 5.41) is 10.6. The molecule has 0 aliphatic carbocycles. The van der Waals surface area contributed by atoms with Crippen molar-refractivity contribution in [3.63, 3.8) is 0 Å². The number of amides is 2. The summed E-state index contributed by atoms with van der Waals surface area (Å²) in [6.07, 6.45) is 1.21. The largest absolute Gasteiger partial charge is 0.444 e. The van der Waals surface area contributed by atoms with E-state index in [1.54, 1.807) is 11.8 Å². The lowest BCUT2D eigenvalue weighted by Crippen LogP contribution is -2.68. The maximum atomic E-state index is 11.9. The Balaban J connectivity index is 1.82. The molecule has 2 fully saturated rings. The highest BCUT2D eigenvalue weighted by Gasteiger charge is 2.50. The van der Waals surface area contributed by atoms with E-state index < -0.39 is 11.2 Å². The molecule has 2 rings (SSSR count). The van der Waals surface area contributed by atoms with Gasteiger partial charge in [0.15, 0.2) is 0 Å². The molecule has 0 atom stereocenters. The van der Waals surface area contributed by atoms with Crippen LogP contribution in [0.4, 0.5) is 4.79 Å². The molecule has 0 aromatic carbocycles. The SMILES string of the molecule is CC(=O)N1CCC(C2(O)CN(C(=O)OC(C)(C)C)C2)CC1. The van der Waals surface area contributed by atoms with Gasteiger partial charge in [0.2, 0.25) is 5.91 Å². The van der Waals surface area contributed by atoms with Crippen LogP contribution in [0.3, 0.4) is 0 Å². The van der Waals surface area contributed by atoms with E-state index in [-0.39, 0.29) is 17.9 Å². The average molecular weight is 298 g/mol. The summed E-state index contributed by atoms with van der Waals surface area (Å²) in [5.74, 6) is 0.233. The molecule has 2 heterocycles. The molecule has 2 saturated heterocycles. The minimum Gasteiger partial charge on any atom is -0.444 e. The first kappa shape index (κ1) is 16.1. The van der Waals surface area contributed by atoms with Crippen LogP contribution in [0.15, 0.2) is 0 Å². The first-order valence-corrected chi connectivity index (χ1v) is 7.56. The molecule has 2 aliphatic rings. The molecular weight excluding hydrogens is 272 g/mol. The van der Waals surface area contributed by atoms with Gasteiger partial charge in [-0.15, -0.1) is 0 Å². The smallest absolute Gasteiger partial charge is 0.410 e. The van der Waals surface area contributed by atoms with Gasteiger partial charge in [-0.3, -0.25) is 4.79 Å². The lowest BCUT2D eigenvalue weighted by atomic mass is 9.75. The highest BCUT2D eigenvalue weighted by atomic mass is 16.6. The molecule has 21 heavy (non-hydrogen) atoms. The molecule has 0 spiro atoms. The molecule has 6 nitrogen and oxygen atoms in total. The minimum atomic E-state index is -0.820. The Labute approximate surface area is 126 Å². The van der Waals surface area contributed by atoms with Gasteiger partial charge in [0.05, 0.1) is 13.1 Å². The van der Waals surface area contributed by atoms with Gasteiger partial charge in [0.25, 0.3) is 0 Å². The van der Waals surface area contributed by atoms with Crippen LogP contribution in [-0.4, -0.2) is 64.3 Å². The van der Waals surface area contributed by atoms with Gasteiger partial charge < -0.3 is 19.6 Å². The zero-order valence-corrected chi connectivity index (χ0v) is 13.4. The summed E-state index contributed by atoms with van der Waals surface area (Å²) in [6, 6.07) is 0. The Kier molecular flexibility index (Phi) is 4.19. The van der Waals surface area contributed by atoms with E-state index in [0.717, 1.165) is 12.8 Å². The van der Waals surface area contributed by atoms with Gasteiger partial charge in [0, 0.05) is 20.0 Å². The average Bonchev–Trinajstić information content (AvgIpc) is 2.33. The maximum Gasteiger partial charge on any atom is 0.410 e. The second-order valence-electron chi connectivity index (χ2n) is 7.22. The summed E-state index contributed by atoms with van der Waals surface area (Å²) < 4.78 is 5.29. The van der Waals surface area contributed by atoms with Crippen molar-refractivity contribution in [3.8, 4) is 0 Å². The maximum absolute atomic E-state index is 11.9. The van der Waals surface area contributed by atoms with Crippen molar-refractivity contribution in [2.45, 2.75) is 51.7 Å². The van der Waals surface area contributed by atoms with Gasteiger partial charge in [-0.25, -0.2) is 4.79 Å². The second-order valence-corrected chi connectivity index (χ2v) is 7.22. The topological polar surface area (TPSA) is 70.1 Å². The number of β-amino-alcohol motifs (C(OH)–C–C–N with tert-alkyl or cyclic N) is 1. The van der Waals surface area contributed by atoms with E-state index in [1.165, 1.54) is 0 Å². The van der Waals surface area contributed by atoms with E-state index in [9.17, 15) is 14.7 Å². The van der Waals surface area contributed by atoms with Gasteiger partial charge in [0.1, 0.15) is 11.2 Å². The van der Waals surface area contributed by atoms with E-state index in [4.69, 9.17) is 4.74 Å². The second kappa shape index (κ2) is 5.48. The number of ether oxygens (including phenoxy) is 1. The number of rotatable bonds is 1. The number of piperidine rings is 1. The fourth-order valence-corrected chi connectivity index (χ4v) is 3.06. The number of nitrogens with zero attached hydrogens (tertiary/aromatic N) is 2. The minimum absolute atomic E-state index is 0.0874. The van der Waals surface area contributed by atoms with Crippen molar-refractivity contribution in [2.75, 3.05) is 26.2 Å². The van der Waals surface area contributed by atoms with Crippen LogP contribution in [-0.2, 0) is 9.53 Å². The molecule has 6 heteroatoms. The van der Waals surface area contributed by atoms with Crippen LogP contribution in [0.25, 0.3) is 0 Å². The van der Waals surface area contributed by atoms with Gasteiger partial charge in [-0.1, -0.05) is 0 Å². The number of carbonyl (C=O) groups excluding carboxylic acids is 2. The number of carbonyl (C=O) groups is 2. The molecule has 1 N–H and O–H groups in total. The van der Waals surface area contributed by atoms with Crippen LogP contribution in [0.2, 0.25) is 0 Å². The van der Waals surface area contributed by atoms with E-state index in [0.29, 0.717) is 26.2 Å². The molecule has 2 aliphatic heterocycles. The first-order valence-electron chi connectivity index (χ1n) is 7.56. The third-order valence-corrected chi connectivity index (χ3v) is 4.28. The number of hydrogen-bond acceptors (Lipinski definition) is 4. The van der Waals surface area contributed by atoms with Gasteiger partial charge in [-0.2, -0.15) is 0 Å². The van der Waals surface area contributed by atoms with Crippen LogP contribution in [0.5, 0.6) is 0 Å². The quantitative estimate of drug-likeness (QED) is 0.790. The summed E-state index contributed by atoms with van der Waals surface area (Å²) in [7, 11) is 0. The molecule has 2 amide bonds.